The Morgan fingerprint density at radius 1 is 1.04 bits per heavy atom. The first kappa shape index (κ1) is 18.1. The molecule has 0 saturated carbocycles. The average Bonchev–Trinajstić information content (AvgIpc) is 2.60. The highest BCUT2D eigenvalue weighted by molar-refractivity contribution is 7.99. The maximum absolute atomic E-state index is 12.5. The zero-order valence-electron chi connectivity index (χ0n) is 13.8. The smallest absolute Gasteiger partial charge is 0.335 e. The lowest BCUT2D eigenvalue weighted by Gasteiger charge is -2.21. The van der Waals surface area contributed by atoms with Crippen molar-refractivity contribution in [3.05, 3.63) is 71.3 Å². The lowest BCUT2D eigenvalue weighted by Crippen LogP contribution is -2.32. The second kappa shape index (κ2) is 8.55. The van der Waals surface area contributed by atoms with Gasteiger partial charge < -0.3 is 10.0 Å². The van der Waals surface area contributed by atoms with Crippen molar-refractivity contribution in [2.75, 3.05) is 7.05 Å². The fraction of sp³-hybridized carbons (Fsp3) is 0.263. The van der Waals surface area contributed by atoms with E-state index >= 15 is 0 Å². The summed E-state index contributed by atoms with van der Waals surface area (Å²) in [5, 5.41) is 8.77. The fourth-order valence-electron chi connectivity index (χ4n) is 2.28. The van der Waals surface area contributed by atoms with E-state index in [4.69, 9.17) is 5.11 Å². The Bertz CT molecular complexity index is 686. The number of carbonyl (C=O) groups excluding carboxylic acids is 1. The highest BCUT2D eigenvalue weighted by Crippen LogP contribution is 2.19. The van der Waals surface area contributed by atoms with E-state index in [1.165, 1.54) is 5.56 Å². The summed E-state index contributed by atoms with van der Waals surface area (Å²) in [7, 11) is 1.77. The van der Waals surface area contributed by atoms with Gasteiger partial charge in [0.2, 0.25) is 5.91 Å². The number of hydrogen-bond donors (Lipinski definition) is 1. The topological polar surface area (TPSA) is 57.6 Å². The molecule has 2 aromatic carbocycles. The molecule has 1 amide bonds. The third kappa shape index (κ3) is 5.13. The molecule has 0 bridgehead atoms. The summed E-state index contributed by atoms with van der Waals surface area (Å²) >= 11 is 1.61. The van der Waals surface area contributed by atoms with Crippen molar-refractivity contribution in [3.63, 3.8) is 0 Å². The Morgan fingerprint density at radius 3 is 2.25 bits per heavy atom. The molecule has 0 heterocycles. The van der Waals surface area contributed by atoms with Gasteiger partial charge in [0.05, 0.1) is 10.8 Å². The van der Waals surface area contributed by atoms with Crippen LogP contribution in [0.4, 0.5) is 0 Å². The van der Waals surface area contributed by atoms with E-state index in [0.29, 0.717) is 6.54 Å². The van der Waals surface area contributed by atoms with Crippen molar-refractivity contribution >= 4 is 23.6 Å². The average molecular weight is 343 g/mol. The van der Waals surface area contributed by atoms with Gasteiger partial charge in [-0.3, -0.25) is 4.79 Å². The maximum Gasteiger partial charge on any atom is 0.335 e. The summed E-state index contributed by atoms with van der Waals surface area (Å²) in [5.41, 5.74) is 2.37. The number of carboxylic acids is 1. The Balaban J connectivity index is 1.87. The molecule has 0 aliphatic rings. The fourth-order valence-corrected chi connectivity index (χ4v) is 3.24. The predicted molar refractivity (Wildman–Crippen MR) is 97.1 cm³/mol. The molecule has 0 aromatic heterocycles. The van der Waals surface area contributed by atoms with Crippen LogP contribution >= 0.6 is 11.8 Å². The molecule has 0 fully saturated rings. The van der Waals surface area contributed by atoms with Crippen LogP contribution in [0.5, 0.6) is 0 Å². The molecular formula is C19H21NO3S. The molecule has 0 spiro atoms. The molecule has 0 aliphatic heterocycles. The molecule has 1 N–H and O–H groups in total. The Morgan fingerprint density at radius 2 is 1.67 bits per heavy atom. The number of nitrogens with zero attached hydrogens (tertiary/aromatic N) is 1. The number of hydrogen-bond acceptors (Lipinski definition) is 3. The van der Waals surface area contributed by atoms with E-state index in [2.05, 4.69) is 12.1 Å². The second-order valence-corrected chi connectivity index (χ2v) is 6.96. The third-order valence-corrected chi connectivity index (χ3v) is 4.89. The van der Waals surface area contributed by atoms with Gasteiger partial charge >= 0.3 is 5.97 Å². The van der Waals surface area contributed by atoms with Crippen molar-refractivity contribution in [2.45, 2.75) is 24.5 Å². The van der Waals surface area contributed by atoms with Crippen LogP contribution in [0.3, 0.4) is 0 Å². The van der Waals surface area contributed by atoms with Gasteiger partial charge in [0.25, 0.3) is 0 Å². The number of benzene rings is 2. The van der Waals surface area contributed by atoms with Crippen molar-refractivity contribution in [1.29, 1.82) is 0 Å². The van der Waals surface area contributed by atoms with Crippen molar-refractivity contribution in [2.24, 2.45) is 0 Å². The largest absolute Gasteiger partial charge is 0.478 e. The number of amides is 1. The van der Waals surface area contributed by atoms with E-state index in [-0.39, 0.29) is 16.7 Å². The summed E-state index contributed by atoms with van der Waals surface area (Å²) < 4.78 is 0. The van der Waals surface area contributed by atoms with Crippen LogP contribution in [-0.4, -0.2) is 34.2 Å². The molecule has 0 aliphatic carbocycles. The van der Waals surface area contributed by atoms with E-state index in [1.54, 1.807) is 48.0 Å². The summed E-state index contributed by atoms with van der Waals surface area (Å²) in [6, 6.07) is 16.7. The first-order valence-electron chi connectivity index (χ1n) is 7.70. The monoisotopic (exact) mass is 343 g/mol. The van der Waals surface area contributed by atoms with Crippen molar-refractivity contribution < 1.29 is 14.7 Å². The van der Waals surface area contributed by atoms with Gasteiger partial charge in [-0.2, -0.15) is 0 Å². The zero-order valence-corrected chi connectivity index (χ0v) is 14.6. The maximum atomic E-state index is 12.5. The zero-order chi connectivity index (χ0) is 17.5. The van der Waals surface area contributed by atoms with Crippen LogP contribution in [0.2, 0.25) is 0 Å². The van der Waals surface area contributed by atoms with E-state index in [1.807, 2.05) is 25.1 Å². The lowest BCUT2D eigenvalue weighted by molar-refractivity contribution is -0.129. The highest BCUT2D eigenvalue weighted by Gasteiger charge is 2.18. The van der Waals surface area contributed by atoms with Gasteiger partial charge in [-0.05, 0) is 30.2 Å². The Hall–Kier alpha value is -2.27. The summed E-state index contributed by atoms with van der Waals surface area (Å²) in [6.07, 6.45) is 0. The van der Waals surface area contributed by atoms with E-state index < -0.39 is 5.97 Å². The molecule has 4 nitrogen and oxygen atoms in total. The number of thioether (sulfide) groups is 1. The van der Waals surface area contributed by atoms with E-state index in [0.717, 1.165) is 11.3 Å². The van der Waals surface area contributed by atoms with Gasteiger partial charge in [0.15, 0.2) is 0 Å². The number of rotatable bonds is 7. The van der Waals surface area contributed by atoms with Crippen LogP contribution in [0, 0.1) is 0 Å². The second-order valence-electron chi connectivity index (χ2n) is 5.64. The SMILES string of the molecule is CC(SCc1ccccc1)C(=O)N(C)Cc1ccc(C(=O)O)cc1. The van der Waals surface area contributed by atoms with E-state index in [9.17, 15) is 9.59 Å². The summed E-state index contributed by atoms with van der Waals surface area (Å²) in [4.78, 5) is 25.0. The lowest BCUT2D eigenvalue weighted by atomic mass is 10.1. The van der Waals surface area contributed by atoms with Crippen LogP contribution in [0.15, 0.2) is 54.6 Å². The highest BCUT2D eigenvalue weighted by atomic mass is 32.2. The Kier molecular flexibility index (Phi) is 6.44. The van der Waals surface area contributed by atoms with Crippen LogP contribution < -0.4 is 0 Å². The number of carboxylic acid groups (broad SMARTS) is 1. The van der Waals surface area contributed by atoms with Gasteiger partial charge in [0.1, 0.15) is 0 Å². The first-order chi connectivity index (χ1) is 11.5. The molecule has 24 heavy (non-hydrogen) atoms. The van der Waals surface area contributed by atoms with Gasteiger partial charge in [0, 0.05) is 19.3 Å². The van der Waals surface area contributed by atoms with Gasteiger partial charge in [-0.15, -0.1) is 11.8 Å². The van der Waals surface area contributed by atoms with Crippen molar-refractivity contribution in [3.8, 4) is 0 Å². The molecule has 1 unspecified atom stereocenters. The minimum Gasteiger partial charge on any atom is -0.478 e. The van der Waals surface area contributed by atoms with Gasteiger partial charge in [-0.1, -0.05) is 42.5 Å². The number of aromatic carboxylic acids is 1. The molecule has 5 heteroatoms. The molecule has 0 saturated heterocycles. The molecule has 1 atom stereocenters. The molecule has 2 aromatic rings. The van der Waals surface area contributed by atoms with Crippen LogP contribution in [0.1, 0.15) is 28.4 Å². The Labute approximate surface area is 146 Å². The molecule has 2 rings (SSSR count). The first-order valence-corrected chi connectivity index (χ1v) is 8.75. The quantitative estimate of drug-likeness (QED) is 0.833. The molecule has 126 valence electrons. The van der Waals surface area contributed by atoms with Gasteiger partial charge in [-0.25, -0.2) is 4.79 Å². The van der Waals surface area contributed by atoms with Crippen molar-refractivity contribution in [1.82, 2.24) is 4.90 Å². The van der Waals surface area contributed by atoms with Crippen LogP contribution in [0.25, 0.3) is 0 Å². The molecule has 0 radical (unpaired) electrons. The molecular weight excluding hydrogens is 322 g/mol. The third-order valence-electron chi connectivity index (χ3n) is 3.69. The minimum atomic E-state index is -0.947. The minimum absolute atomic E-state index is 0.0678. The summed E-state index contributed by atoms with van der Waals surface area (Å²) in [5.74, 6) is -0.0790. The van der Waals surface area contributed by atoms with Crippen LogP contribution in [-0.2, 0) is 17.1 Å². The summed E-state index contributed by atoms with van der Waals surface area (Å²) in [6.45, 7) is 2.38. The predicted octanol–water partition coefficient (Wildman–Crippen LogP) is 3.67. The standard InChI is InChI=1S/C19H21NO3S/c1-14(24-13-16-6-4-3-5-7-16)18(21)20(2)12-15-8-10-17(11-9-15)19(22)23/h3-11,14H,12-13H2,1-2H3,(H,22,23). The normalized spacial score (nSPS) is 11.8. The number of carbonyl (C=O) groups is 2.